The minimum atomic E-state index is 0.162. The van der Waals surface area contributed by atoms with Crippen molar-refractivity contribution in [1.82, 2.24) is 0 Å². The van der Waals surface area contributed by atoms with Gasteiger partial charge in [-0.2, -0.15) is 0 Å². The Morgan fingerprint density at radius 3 is 2.00 bits per heavy atom. The van der Waals surface area contributed by atoms with Crippen LogP contribution in [0.1, 0.15) is 63.5 Å². The van der Waals surface area contributed by atoms with Gasteiger partial charge in [0, 0.05) is 0 Å². The molecular weight excluding hydrogens is 268 g/mol. The average molecular weight is 296 g/mol. The zero-order valence-electron chi connectivity index (χ0n) is 13.7. The Balaban J connectivity index is 1.88. The van der Waals surface area contributed by atoms with Crippen molar-refractivity contribution >= 4 is 0 Å². The van der Waals surface area contributed by atoms with Crippen LogP contribution in [-0.4, -0.2) is 0 Å². The van der Waals surface area contributed by atoms with E-state index in [0.29, 0.717) is 0 Å². The summed E-state index contributed by atoms with van der Waals surface area (Å²) >= 11 is 0. The molecule has 22 heavy (non-hydrogen) atoms. The third-order valence-corrected chi connectivity index (χ3v) is 4.01. The van der Waals surface area contributed by atoms with Crippen LogP contribution < -0.4 is 4.74 Å². The molecule has 2 rings (SSSR count). The second-order valence-electron chi connectivity index (χ2n) is 5.89. The van der Waals surface area contributed by atoms with Crippen LogP contribution in [0.5, 0.6) is 5.75 Å². The lowest BCUT2D eigenvalue weighted by molar-refractivity contribution is 0.190. The summed E-state index contributed by atoms with van der Waals surface area (Å²) in [5, 5.41) is 0. The second-order valence-corrected chi connectivity index (χ2v) is 5.89. The molecule has 0 radical (unpaired) electrons. The van der Waals surface area contributed by atoms with E-state index in [4.69, 9.17) is 4.74 Å². The first-order chi connectivity index (χ1) is 10.9. The zero-order chi connectivity index (χ0) is 15.5. The van der Waals surface area contributed by atoms with Gasteiger partial charge >= 0.3 is 0 Å². The number of unbranched alkanes of at least 4 members (excludes halogenated alkanes) is 5. The van der Waals surface area contributed by atoms with Crippen LogP contribution in [0.3, 0.4) is 0 Å². The molecule has 0 N–H and O–H groups in total. The summed E-state index contributed by atoms with van der Waals surface area (Å²) < 4.78 is 6.23. The first-order valence-corrected chi connectivity index (χ1v) is 8.67. The molecule has 0 saturated carbocycles. The summed E-state index contributed by atoms with van der Waals surface area (Å²) in [7, 11) is 0. The van der Waals surface area contributed by atoms with Gasteiger partial charge in [0.15, 0.2) is 0 Å². The Morgan fingerprint density at radius 1 is 0.727 bits per heavy atom. The quantitative estimate of drug-likeness (QED) is 0.451. The van der Waals surface area contributed by atoms with Gasteiger partial charge in [-0.25, -0.2) is 0 Å². The SMILES string of the molecule is CCCCCCCCC(Oc1ccccc1)c1ccccc1. The molecule has 2 aromatic carbocycles. The Kier molecular flexibility index (Phi) is 7.59. The van der Waals surface area contributed by atoms with E-state index in [-0.39, 0.29) is 6.10 Å². The monoisotopic (exact) mass is 296 g/mol. The van der Waals surface area contributed by atoms with E-state index >= 15 is 0 Å². The highest BCUT2D eigenvalue weighted by Crippen LogP contribution is 2.26. The lowest BCUT2D eigenvalue weighted by Crippen LogP contribution is -2.07. The van der Waals surface area contributed by atoms with Gasteiger partial charge in [-0.15, -0.1) is 0 Å². The number of hydrogen-bond acceptors (Lipinski definition) is 1. The molecule has 1 atom stereocenters. The average Bonchev–Trinajstić information content (AvgIpc) is 2.58. The molecular formula is C21H28O. The van der Waals surface area contributed by atoms with E-state index in [2.05, 4.69) is 37.3 Å². The molecule has 0 saturated heterocycles. The summed E-state index contributed by atoms with van der Waals surface area (Å²) in [6, 6.07) is 20.8. The van der Waals surface area contributed by atoms with Crippen molar-refractivity contribution in [3.63, 3.8) is 0 Å². The van der Waals surface area contributed by atoms with Crippen molar-refractivity contribution in [3.05, 3.63) is 66.2 Å². The third-order valence-electron chi connectivity index (χ3n) is 4.01. The molecule has 118 valence electrons. The van der Waals surface area contributed by atoms with Crippen LogP contribution in [0.25, 0.3) is 0 Å². The van der Waals surface area contributed by atoms with Crippen LogP contribution in [0.4, 0.5) is 0 Å². The van der Waals surface area contributed by atoms with Crippen LogP contribution in [0, 0.1) is 0 Å². The van der Waals surface area contributed by atoms with Crippen molar-refractivity contribution in [2.45, 2.75) is 58.0 Å². The molecule has 1 heteroatoms. The van der Waals surface area contributed by atoms with Crippen LogP contribution in [0.2, 0.25) is 0 Å². The van der Waals surface area contributed by atoms with Crippen molar-refractivity contribution < 1.29 is 4.74 Å². The van der Waals surface area contributed by atoms with Gasteiger partial charge in [0.1, 0.15) is 11.9 Å². The van der Waals surface area contributed by atoms with Crippen molar-refractivity contribution in [2.24, 2.45) is 0 Å². The molecule has 2 aromatic rings. The van der Waals surface area contributed by atoms with Crippen molar-refractivity contribution in [3.8, 4) is 5.75 Å². The highest BCUT2D eigenvalue weighted by atomic mass is 16.5. The summed E-state index contributed by atoms with van der Waals surface area (Å²) in [6.07, 6.45) is 9.18. The third kappa shape index (κ3) is 5.93. The van der Waals surface area contributed by atoms with Gasteiger partial charge < -0.3 is 4.74 Å². The highest BCUT2D eigenvalue weighted by Gasteiger charge is 2.12. The Labute approximate surface area is 135 Å². The first-order valence-electron chi connectivity index (χ1n) is 8.67. The second kappa shape index (κ2) is 10.0. The minimum Gasteiger partial charge on any atom is -0.486 e. The lowest BCUT2D eigenvalue weighted by atomic mass is 10.0. The number of para-hydroxylation sites is 1. The fourth-order valence-electron chi connectivity index (χ4n) is 2.73. The standard InChI is InChI=1S/C21H28O/c1-2-3-4-5-6-13-18-21(19-14-9-7-10-15-19)22-20-16-11-8-12-17-20/h7-12,14-17,21H,2-6,13,18H2,1H3. The van der Waals surface area contributed by atoms with Crippen molar-refractivity contribution in [1.29, 1.82) is 0 Å². The summed E-state index contributed by atoms with van der Waals surface area (Å²) in [4.78, 5) is 0. The molecule has 0 fully saturated rings. The number of benzene rings is 2. The van der Waals surface area contributed by atoms with E-state index < -0.39 is 0 Å². The van der Waals surface area contributed by atoms with Gasteiger partial charge in [-0.1, -0.05) is 87.6 Å². The molecule has 0 spiro atoms. The van der Waals surface area contributed by atoms with E-state index in [1.807, 2.05) is 30.3 Å². The maximum absolute atomic E-state index is 6.23. The lowest BCUT2D eigenvalue weighted by Gasteiger charge is -2.19. The largest absolute Gasteiger partial charge is 0.486 e. The van der Waals surface area contributed by atoms with Gasteiger partial charge in [0.2, 0.25) is 0 Å². The Hall–Kier alpha value is -1.76. The normalized spacial score (nSPS) is 12.0. The van der Waals surface area contributed by atoms with Crippen LogP contribution in [-0.2, 0) is 0 Å². The Morgan fingerprint density at radius 2 is 1.32 bits per heavy atom. The smallest absolute Gasteiger partial charge is 0.124 e. The summed E-state index contributed by atoms with van der Waals surface area (Å²) in [5.74, 6) is 0.960. The molecule has 0 amide bonds. The Bertz CT molecular complexity index is 492. The fourth-order valence-corrected chi connectivity index (χ4v) is 2.73. The number of hydrogen-bond donors (Lipinski definition) is 0. The molecule has 0 aromatic heterocycles. The van der Waals surface area contributed by atoms with E-state index in [0.717, 1.165) is 12.2 Å². The molecule has 1 nitrogen and oxygen atoms in total. The van der Waals surface area contributed by atoms with Gasteiger partial charge in [-0.05, 0) is 30.5 Å². The van der Waals surface area contributed by atoms with Gasteiger partial charge in [0.05, 0.1) is 0 Å². The van der Waals surface area contributed by atoms with E-state index in [1.165, 1.54) is 44.1 Å². The molecule has 0 bridgehead atoms. The molecule has 1 unspecified atom stereocenters. The summed E-state index contributed by atoms with van der Waals surface area (Å²) in [6.45, 7) is 2.26. The minimum absolute atomic E-state index is 0.162. The molecule has 0 aliphatic rings. The van der Waals surface area contributed by atoms with E-state index in [1.54, 1.807) is 0 Å². The fraction of sp³-hybridized carbons (Fsp3) is 0.429. The topological polar surface area (TPSA) is 9.23 Å². The van der Waals surface area contributed by atoms with Crippen LogP contribution in [0.15, 0.2) is 60.7 Å². The van der Waals surface area contributed by atoms with Crippen molar-refractivity contribution in [2.75, 3.05) is 0 Å². The maximum atomic E-state index is 6.23. The van der Waals surface area contributed by atoms with E-state index in [9.17, 15) is 0 Å². The first kappa shape index (κ1) is 16.6. The maximum Gasteiger partial charge on any atom is 0.124 e. The predicted octanol–water partition coefficient (Wildman–Crippen LogP) is 6.56. The molecule has 0 heterocycles. The molecule has 0 aliphatic carbocycles. The zero-order valence-corrected chi connectivity index (χ0v) is 13.7. The number of rotatable bonds is 10. The molecule has 0 aliphatic heterocycles. The van der Waals surface area contributed by atoms with Gasteiger partial charge in [-0.3, -0.25) is 0 Å². The van der Waals surface area contributed by atoms with Crippen LogP contribution >= 0.6 is 0 Å². The van der Waals surface area contributed by atoms with Gasteiger partial charge in [0.25, 0.3) is 0 Å². The predicted molar refractivity (Wildman–Crippen MR) is 94.2 cm³/mol. The summed E-state index contributed by atoms with van der Waals surface area (Å²) in [5.41, 5.74) is 1.28. The number of ether oxygens (including phenoxy) is 1. The highest BCUT2D eigenvalue weighted by molar-refractivity contribution is 5.24.